The van der Waals surface area contributed by atoms with Gasteiger partial charge in [0, 0.05) is 12.2 Å². The molecule has 120 valence electrons. The monoisotopic (exact) mass is 302 g/mol. The second-order valence-corrected chi connectivity index (χ2v) is 6.87. The molecule has 0 bridgehead atoms. The van der Waals surface area contributed by atoms with Gasteiger partial charge in [0.15, 0.2) is 0 Å². The Morgan fingerprint density at radius 2 is 2.09 bits per heavy atom. The van der Waals surface area contributed by atoms with Crippen molar-refractivity contribution in [3.05, 3.63) is 24.3 Å². The number of hydrogen-bond donors (Lipinski definition) is 2. The summed E-state index contributed by atoms with van der Waals surface area (Å²) in [4.78, 5) is 12.9. The number of carbonyl (C=O) groups excluding carboxylic acids is 1. The summed E-state index contributed by atoms with van der Waals surface area (Å²) < 4.78 is 5.64. The summed E-state index contributed by atoms with van der Waals surface area (Å²) in [5.74, 6) is 1.51. The van der Waals surface area contributed by atoms with E-state index in [2.05, 4.69) is 10.6 Å². The number of fused-ring (bicyclic) bond motifs is 1. The predicted octanol–water partition coefficient (Wildman–Crippen LogP) is 3.19. The summed E-state index contributed by atoms with van der Waals surface area (Å²) >= 11 is 0. The van der Waals surface area contributed by atoms with Gasteiger partial charge in [-0.3, -0.25) is 4.79 Å². The van der Waals surface area contributed by atoms with Crippen LogP contribution in [0.5, 0.6) is 5.75 Å². The molecule has 22 heavy (non-hydrogen) atoms. The number of amides is 1. The van der Waals surface area contributed by atoms with Crippen LogP contribution in [0, 0.1) is 11.3 Å². The standard InChI is InChI=1S/C18H26N2O2/c1-13(2)22-16-8-6-15(7-9-16)20-17(21)18-10-4-3-5-14(18)11-19-12-18/h6-9,13-14,19H,3-5,10-12H2,1-2H3,(H,20,21)/t14-,18+/m0/s1. The quantitative estimate of drug-likeness (QED) is 0.898. The number of hydrogen-bond acceptors (Lipinski definition) is 3. The van der Waals surface area contributed by atoms with E-state index in [0.29, 0.717) is 5.92 Å². The van der Waals surface area contributed by atoms with Crippen molar-refractivity contribution in [3.8, 4) is 5.75 Å². The number of carbonyl (C=O) groups is 1. The van der Waals surface area contributed by atoms with Gasteiger partial charge >= 0.3 is 0 Å². The molecule has 4 heteroatoms. The van der Waals surface area contributed by atoms with E-state index in [4.69, 9.17) is 4.74 Å². The van der Waals surface area contributed by atoms with Crippen molar-refractivity contribution >= 4 is 11.6 Å². The summed E-state index contributed by atoms with van der Waals surface area (Å²) in [5, 5.41) is 6.54. The van der Waals surface area contributed by atoms with Crippen LogP contribution in [0.1, 0.15) is 39.5 Å². The average Bonchev–Trinajstić information content (AvgIpc) is 2.94. The molecule has 2 aliphatic rings. The van der Waals surface area contributed by atoms with Gasteiger partial charge in [-0.15, -0.1) is 0 Å². The minimum absolute atomic E-state index is 0.159. The van der Waals surface area contributed by atoms with Crippen molar-refractivity contribution in [1.82, 2.24) is 5.32 Å². The Hall–Kier alpha value is -1.55. The molecule has 0 aromatic heterocycles. The lowest BCUT2D eigenvalue weighted by Gasteiger charge is -2.37. The fraction of sp³-hybridized carbons (Fsp3) is 0.611. The van der Waals surface area contributed by atoms with Gasteiger partial charge in [-0.1, -0.05) is 12.8 Å². The Labute approximate surface area is 132 Å². The second kappa shape index (κ2) is 6.29. The molecule has 2 fully saturated rings. The normalized spacial score (nSPS) is 27.5. The molecule has 1 saturated heterocycles. The SMILES string of the molecule is CC(C)Oc1ccc(NC(=O)[C@@]23CCCC[C@H]2CNC3)cc1. The number of ether oxygens (including phenoxy) is 1. The first-order valence-corrected chi connectivity index (χ1v) is 8.39. The van der Waals surface area contributed by atoms with Crippen LogP contribution >= 0.6 is 0 Å². The fourth-order valence-corrected chi connectivity index (χ4v) is 3.83. The Morgan fingerprint density at radius 3 is 2.82 bits per heavy atom. The Kier molecular flexibility index (Phi) is 4.39. The molecule has 1 saturated carbocycles. The van der Waals surface area contributed by atoms with Crippen molar-refractivity contribution in [3.63, 3.8) is 0 Å². The molecule has 0 unspecified atom stereocenters. The molecule has 1 aliphatic heterocycles. The van der Waals surface area contributed by atoms with Gasteiger partial charge in [0.1, 0.15) is 5.75 Å². The van der Waals surface area contributed by atoms with Gasteiger partial charge in [0.25, 0.3) is 0 Å². The van der Waals surface area contributed by atoms with Gasteiger partial charge in [-0.2, -0.15) is 0 Å². The van der Waals surface area contributed by atoms with Gasteiger partial charge in [0.2, 0.25) is 5.91 Å². The van der Waals surface area contributed by atoms with Crippen molar-refractivity contribution in [2.75, 3.05) is 18.4 Å². The lowest BCUT2D eigenvalue weighted by molar-refractivity contribution is -0.128. The molecular formula is C18H26N2O2. The van der Waals surface area contributed by atoms with E-state index in [9.17, 15) is 4.79 Å². The highest BCUT2D eigenvalue weighted by molar-refractivity contribution is 5.96. The molecule has 0 radical (unpaired) electrons. The van der Waals surface area contributed by atoms with Crippen LogP contribution in [0.3, 0.4) is 0 Å². The van der Waals surface area contributed by atoms with Crippen LogP contribution in [0.25, 0.3) is 0 Å². The van der Waals surface area contributed by atoms with Gasteiger partial charge in [-0.05, 0) is 63.4 Å². The molecule has 1 aliphatic carbocycles. The highest BCUT2D eigenvalue weighted by Gasteiger charge is 2.49. The molecule has 2 N–H and O–H groups in total. The van der Waals surface area contributed by atoms with Crippen molar-refractivity contribution in [2.24, 2.45) is 11.3 Å². The lowest BCUT2D eigenvalue weighted by atomic mass is 9.67. The Balaban J connectivity index is 1.68. The lowest BCUT2D eigenvalue weighted by Crippen LogP contribution is -2.44. The summed E-state index contributed by atoms with van der Waals surface area (Å²) in [7, 11) is 0. The molecule has 2 atom stereocenters. The maximum atomic E-state index is 12.9. The van der Waals surface area contributed by atoms with E-state index in [0.717, 1.165) is 37.4 Å². The third kappa shape index (κ3) is 2.98. The topological polar surface area (TPSA) is 50.4 Å². The zero-order valence-electron chi connectivity index (χ0n) is 13.5. The zero-order chi connectivity index (χ0) is 15.6. The van der Waals surface area contributed by atoms with Crippen molar-refractivity contribution < 1.29 is 9.53 Å². The van der Waals surface area contributed by atoms with E-state index in [1.54, 1.807) is 0 Å². The summed E-state index contributed by atoms with van der Waals surface area (Å²) in [5.41, 5.74) is 0.650. The third-order valence-electron chi connectivity index (χ3n) is 4.97. The number of anilines is 1. The van der Waals surface area contributed by atoms with E-state index in [1.165, 1.54) is 12.8 Å². The van der Waals surface area contributed by atoms with Crippen LogP contribution < -0.4 is 15.4 Å². The average molecular weight is 302 g/mol. The Morgan fingerprint density at radius 1 is 1.32 bits per heavy atom. The molecule has 3 rings (SSSR count). The zero-order valence-corrected chi connectivity index (χ0v) is 13.5. The summed E-state index contributed by atoms with van der Waals surface area (Å²) in [6, 6.07) is 7.68. The molecule has 4 nitrogen and oxygen atoms in total. The minimum atomic E-state index is -0.203. The molecule has 1 heterocycles. The predicted molar refractivity (Wildman–Crippen MR) is 88.1 cm³/mol. The number of nitrogens with one attached hydrogen (secondary N) is 2. The Bertz CT molecular complexity index is 526. The fourth-order valence-electron chi connectivity index (χ4n) is 3.83. The molecule has 0 spiro atoms. The van der Waals surface area contributed by atoms with Crippen LogP contribution in [0.4, 0.5) is 5.69 Å². The van der Waals surface area contributed by atoms with Crippen molar-refractivity contribution in [2.45, 2.75) is 45.6 Å². The van der Waals surface area contributed by atoms with Gasteiger partial charge < -0.3 is 15.4 Å². The van der Waals surface area contributed by atoms with E-state index < -0.39 is 0 Å². The molecule has 1 aromatic carbocycles. The first kappa shape index (κ1) is 15.3. The maximum absolute atomic E-state index is 12.9. The van der Waals surface area contributed by atoms with Gasteiger partial charge in [0.05, 0.1) is 11.5 Å². The van der Waals surface area contributed by atoms with Crippen LogP contribution in [0.2, 0.25) is 0 Å². The smallest absolute Gasteiger partial charge is 0.232 e. The highest BCUT2D eigenvalue weighted by Crippen LogP contribution is 2.44. The second-order valence-electron chi connectivity index (χ2n) is 6.87. The number of rotatable bonds is 4. The van der Waals surface area contributed by atoms with Crippen molar-refractivity contribution in [1.29, 1.82) is 0 Å². The van der Waals surface area contributed by atoms with Crippen LogP contribution in [0.15, 0.2) is 24.3 Å². The highest BCUT2D eigenvalue weighted by atomic mass is 16.5. The minimum Gasteiger partial charge on any atom is -0.491 e. The summed E-state index contributed by atoms with van der Waals surface area (Å²) in [6.07, 6.45) is 4.74. The summed E-state index contributed by atoms with van der Waals surface area (Å²) in [6.45, 7) is 5.81. The van der Waals surface area contributed by atoms with E-state index in [1.807, 2.05) is 38.1 Å². The maximum Gasteiger partial charge on any atom is 0.232 e. The van der Waals surface area contributed by atoms with Crippen LogP contribution in [-0.2, 0) is 4.79 Å². The third-order valence-corrected chi connectivity index (χ3v) is 4.97. The van der Waals surface area contributed by atoms with E-state index in [-0.39, 0.29) is 17.4 Å². The first-order chi connectivity index (χ1) is 10.6. The molecular weight excluding hydrogens is 276 g/mol. The first-order valence-electron chi connectivity index (χ1n) is 8.39. The largest absolute Gasteiger partial charge is 0.491 e. The molecule has 1 aromatic rings. The van der Waals surface area contributed by atoms with Gasteiger partial charge in [-0.25, -0.2) is 0 Å². The number of benzene rings is 1. The molecule has 1 amide bonds. The van der Waals surface area contributed by atoms with Crippen LogP contribution in [-0.4, -0.2) is 25.1 Å². The van der Waals surface area contributed by atoms with E-state index >= 15 is 0 Å².